The number of thioether (sulfide) groups is 1. The van der Waals surface area contributed by atoms with Crippen molar-refractivity contribution >= 4 is 39.1 Å². The number of ether oxygens (including phenoxy) is 1. The van der Waals surface area contributed by atoms with Crippen LogP contribution in [0.5, 0.6) is 0 Å². The van der Waals surface area contributed by atoms with Gasteiger partial charge in [-0.15, -0.1) is 11.8 Å². The van der Waals surface area contributed by atoms with Crippen LogP contribution in [0, 0.1) is 0 Å². The minimum atomic E-state index is -3.83. The molecule has 0 unspecified atom stereocenters. The molecule has 3 N–H and O–H groups in total. The van der Waals surface area contributed by atoms with Crippen molar-refractivity contribution in [3.05, 3.63) is 18.2 Å². The van der Waals surface area contributed by atoms with Crippen LogP contribution in [-0.4, -0.2) is 32.5 Å². The summed E-state index contributed by atoms with van der Waals surface area (Å²) in [4.78, 5) is 12.2. The van der Waals surface area contributed by atoms with Crippen LogP contribution in [-0.2, 0) is 19.6 Å². The quantitative estimate of drug-likeness (QED) is 0.429. The summed E-state index contributed by atoms with van der Waals surface area (Å²) in [5.74, 6) is -0.592. The number of sulfonamides is 1. The second-order valence-corrected chi connectivity index (χ2v) is 7.15. The number of carbonyl (C=O) groups excluding carboxylic acids is 1. The Morgan fingerprint density at radius 1 is 1.38 bits per heavy atom. The number of hydrogen-bond donors (Lipinski definition) is 2. The first kappa shape index (κ1) is 17.6. The maximum atomic E-state index is 11.9. The first-order chi connectivity index (χ1) is 9.88. The predicted molar refractivity (Wildman–Crippen MR) is 85.9 cm³/mol. The van der Waals surface area contributed by atoms with Crippen molar-refractivity contribution in [1.82, 2.24) is 0 Å². The summed E-state index contributed by atoms with van der Waals surface area (Å²) in [7, 11) is -3.83. The predicted octanol–water partition coefficient (Wildman–Crippen LogP) is 2.08. The Morgan fingerprint density at radius 2 is 2.10 bits per heavy atom. The minimum Gasteiger partial charge on any atom is -0.465 e. The summed E-state index contributed by atoms with van der Waals surface area (Å²) in [6.07, 6.45) is 1.01. The largest absolute Gasteiger partial charge is 0.465 e. The lowest BCUT2D eigenvalue weighted by Crippen LogP contribution is -2.24. The third-order valence-electron chi connectivity index (χ3n) is 2.38. The standard InChI is InChI=1S/C13H20N2O4S2/c1-3-7-20-10-5-6-11(14)12(8-10)15-21(17,18)9-13(16)19-4-2/h5-6,8,15H,3-4,7,9,14H2,1-2H3. The van der Waals surface area contributed by atoms with E-state index in [0.29, 0.717) is 5.69 Å². The smallest absolute Gasteiger partial charge is 0.323 e. The van der Waals surface area contributed by atoms with Gasteiger partial charge in [-0.1, -0.05) is 6.92 Å². The molecule has 0 aliphatic rings. The molecule has 0 aromatic heterocycles. The van der Waals surface area contributed by atoms with Gasteiger partial charge in [0.15, 0.2) is 5.75 Å². The second-order valence-electron chi connectivity index (χ2n) is 4.26. The van der Waals surface area contributed by atoms with Gasteiger partial charge in [0.05, 0.1) is 18.0 Å². The molecule has 0 amide bonds. The molecule has 8 heteroatoms. The molecular formula is C13H20N2O4S2. The zero-order valence-corrected chi connectivity index (χ0v) is 13.7. The Kier molecular flexibility index (Phi) is 6.83. The highest BCUT2D eigenvalue weighted by molar-refractivity contribution is 7.99. The monoisotopic (exact) mass is 332 g/mol. The number of esters is 1. The number of hydrogen-bond acceptors (Lipinski definition) is 6. The molecule has 0 saturated heterocycles. The highest BCUT2D eigenvalue weighted by atomic mass is 32.2. The summed E-state index contributed by atoms with van der Waals surface area (Å²) in [5.41, 5.74) is 6.35. The molecule has 118 valence electrons. The van der Waals surface area contributed by atoms with Crippen LogP contribution in [0.15, 0.2) is 23.1 Å². The topological polar surface area (TPSA) is 98.5 Å². The zero-order valence-electron chi connectivity index (χ0n) is 12.1. The Morgan fingerprint density at radius 3 is 2.71 bits per heavy atom. The fraction of sp³-hybridized carbons (Fsp3) is 0.462. The van der Waals surface area contributed by atoms with Gasteiger partial charge in [0.25, 0.3) is 0 Å². The van der Waals surface area contributed by atoms with E-state index in [1.807, 2.05) is 6.07 Å². The Balaban J connectivity index is 2.83. The molecule has 1 aromatic rings. The first-order valence-electron chi connectivity index (χ1n) is 6.56. The minimum absolute atomic E-state index is 0.139. The molecule has 0 spiro atoms. The van der Waals surface area contributed by atoms with E-state index in [2.05, 4.69) is 16.4 Å². The van der Waals surface area contributed by atoms with E-state index in [4.69, 9.17) is 5.73 Å². The van der Waals surface area contributed by atoms with Crippen molar-refractivity contribution in [2.24, 2.45) is 0 Å². The van der Waals surface area contributed by atoms with Gasteiger partial charge in [-0.2, -0.15) is 0 Å². The first-order valence-corrected chi connectivity index (χ1v) is 9.20. The summed E-state index contributed by atoms with van der Waals surface area (Å²) in [6.45, 7) is 3.82. The van der Waals surface area contributed by atoms with Gasteiger partial charge in [-0.3, -0.25) is 9.52 Å². The van der Waals surface area contributed by atoms with Crippen molar-refractivity contribution in [3.63, 3.8) is 0 Å². The fourth-order valence-electron chi connectivity index (χ4n) is 1.49. The van der Waals surface area contributed by atoms with E-state index in [9.17, 15) is 13.2 Å². The fourth-order valence-corrected chi connectivity index (χ4v) is 3.28. The lowest BCUT2D eigenvalue weighted by molar-refractivity contribution is -0.139. The molecule has 0 heterocycles. The highest BCUT2D eigenvalue weighted by Crippen LogP contribution is 2.27. The van der Waals surface area contributed by atoms with Gasteiger partial charge in [0.2, 0.25) is 10.0 Å². The van der Waals surface area contributed by atoms with Gasteiger partial charge in [-0.05, 0) is 37.3 Å². The molecule has 21 heavy (non-hydrogen) atoms. The molecular weight excluding hydrogens is 312 g/mol. The summed E-state index contributed by atoms with van der Waals surface area (Å²) < 4.78 is 30.7. The van der Waals surface area contributed by atoms with Gasteiger partial charge in [0, 0.05) is 4.90 Å². The zero-order chi connectivity index (χ0) is 15.9. The van der Waals surface area contributed by atoms with Crippen molar-refractivity contribution in [2.45, 2.75) is 25.2 Å². The molecule has 0 bridgehead atoms. The maximum absolute atomic E-state index is 11.9. The molecule has 0 aliphatic heterocycles. The molecule has 0 saturated carbocycles. The summed E-state index contributed by atoms with van der Waals surface area (Å²) in [6, 6.07) is 5.14. The summed E-state index contributed by atoms with van der Waals surface area (Å²) >= 11 is 1.61. The van der Waals surface area contributed by atoms with Crippen LogP contribution in [0.4, 0.5) is 11.4 Å². The van der Waals surface area contributed by atoms with Crippen LogP contribution in [0.1, 0.15) is 20.3 Å². The van der Waals surface area contributed by atoms with E-state index >= 15 is 0 Å². The van der Waals surface area contributed by atoms with Crippen LogP contribution < -0.4 is 10.5 Å². The highest BCUT2D eigenvalue weighted by Gasteiger charge is 2.18. The number of anilines is 2. The molecule has 1 aromatic carbocycles. The van der Waals surface area contributed by atoms with Crippen molar-refractivity contribution in [2.75, 3.05) is 28.6 Å². The van der Waals surface area contributed by atoms with Gasteiger partial charge >= 0.3 is 5.97 Å². The van der Waals surface area contributed by atoms with Crippen LogP contribution in [0.2, 0.25) is 0 Å². The number of nitrogen functional groups attached to an aromatic ring is 1. The lowest BCUT2D eigenvalue weighted by atomic mass is 10.3. The third kappa shape index (κ3) is 6.26. The van der Waals surface area contributed by atoms with Crippen molar-refractivity contribution in [3.8, 4) is 0 Å². The molecule has 1 rings (SSSR count). The lowest BCUT2D eigenvalue weighted by Gasteiger charge is -2.11. The number of benzene rings is 1. The Bertz CT molecular complexity index is 588. The van der Waals surface area contributed by atoms with Crippen molar-refractivity contribution in [1.29, 1.82) is 0 Å². The molecule has 0 atom stereocenters. The van der Waals surface area contributed by atoms with Gasteiger partial charge in [-0.25, -0.2) is 8.42 Å². The van der Waals surface area contributed by atoms with E-state index in [-0.39, 0.29) is 12.3 Å². The summed E-state index contributed by atoms with van der Waals surface area (Å²) in [5, 5.41) is 0. The average Bonchev–Trinajstić information content (AvgIpc) is 2.39. The van der Waals surface area contributed by atoms with Crippen molar-refractivity contribution < 1.29 is 17.9 Å². The normalized spacial score (nSPS) is 11.1. The second kappa shape index (κ2) is 8.14. The number of carbonyl (C=O) groups is 1. The van der Waals surface area contributed by atoms with E-state index in [0.717, 1.165) is 17.1 Å². The maximum Gasteiger partial charge on any atom is 0.323 e. The number of rotatable bonds is 8. The third-order valence-corrected chi connectivity index (χ3v) is 4.72. The van der Waals surface area contributed by atoms with E-state index in [1.54, 1.807) is 30.8 Å². The molecule has 0 fully saturated rings. The van der Waals surface area contributed by atoms with E-state index < -0.39 is 21.7 Å². The molecule has 6 nitrogen and oxygen atoms in total. The van der Waals surface area contributed by atoms with Crippen LogP contribution in [0.3, 0.4) is 0 Å². The average molecular weight is 332 g/mol. The molecule has 0 radical (unpaired) electrons. The Labute approximate surface area is 129 Å². The SMILES string of the molecule is CCCSc1ccc(N)c(NS(=O)(=O)CC(=O)OCC)c1. The van der Waals surface area contributed by atoms with Crippen LogP contribution >= 0.6 is 11.8 Å². The Hall–Kier alpha value is -1.41. The molecule has 0 aliphatic carbocycles. The number of nitrogens with two attached hydrogens (primary N) is 1. The van der Waals surface area contributed by atoms with Crippen LogP contribution in [0.25, 0.3) is 0 Å². The van der Waals surface area contributed by atoms with E-state index in [1.165, 1.54) is 0 Å². The van der Waals surface area contributed by atoms with Gasteiger partial charge < -0.3 is 10.5 Å². The number of nitrogens with one attached hydrogen (secondary N) is 1. The van der Waals surface area contributed by atoms with Gasteiger partial charge in [0.1, 0.15) is 0 Å².